The van der Waals surface area contributed by atoms with E-state index in [1.54, 1.807) is 23.1 Å². The molecule has 1 amide bonds. The average Bonchev–Trinajstić information content (AvgIpc) is 2.64. The zero-order valence-corrected chi connectivity index (χ0v) is 17.3. The predicted octanol–water partition coefficient (Wildman–Crippen LogP) is 4.97. The summed E-state index contributed by atoms with van der Waals surface area (Å²) < 4.78 is 52.8. The van der Waals surface area contributed by atoms with Crippen LogP contribution in [-0.4, -0.2) is 20.2 Å². The Hall–Kier alpha value is -1.93. The fourth-order valence-corrected chi connectivity index (χ4v) is 5.54. The van der Waals surface area contributed by atoms with Crippen LogP contribution in [0.15, 0.2) is 30.3 Å². The summed E-state index contributed by atoms with van der Waals surface area (Å²) in [6.07, 6.45) is 0.820. The second-order valence-corrected chi connectivity index (χ2v) is 9.86. The number of halogens is 2. The molecule has 0 fully saturated rings. The van der Waals surface area contributed by atoms with E-state index in [1.165, 1.54) is 30.8 Å². The molecule has 1 aliphatic rings. The molecule has 2 aromatic carbocycles. The van der Waals surface area contributed by atoms with Gasteiger partial charge in [0.25, 0.3) is 5.24 Å². The first-order chi connectivity index (χ1) is 13.2. The van der Waals surface area contributed by atoms with Gasteiger partial charge in [-0.3, -0.25) is 4.79 Å². The van der Waals surface area contributed by atoms with Crippen LogP contribution in [0.5, 0.6) is 0 Å². The van der Waals surface area contributed by atoms with Gasteiger partial charge in [0.15, 0.2) is 21.5 Å². The maximum Gasteiger partial charge on any atom is 0.286 e. The molecular weight excluding hydrogens is 404 g/mol. The van der Waals surface area contributed by atoms with Gasteiger partial charge in [0.1, 0.15) is 0 Å². The maximum atomic E-state index is 14.0. The third-order valence-electron chi connectivity index (χ3n) is 4.57. The Morgan fingerprint density at radius 3 is 2.57 bits per heavy atom. The minimum atomic E-state index is -3.69. The lowest BCUT2D eigenvalue weighted by atomic mass is 10.1. The van der Waals surface area contributed by atoms with Crippen molar-refractivity contribution in [2.24, 2.45) is 0 Å². The SMILES string of the molecule is CCCN1C(=O)SCc2cc(CS(=O)(=O)Cc3ccc(C)c(F)c3F)ccc21. The van der Waals surface area contributed by atoms with E-state index in [-0.39, 0.29) is 22.1 Å². The minimum Gasteiger partial charge on any atom is -0.303 e. The molecular formula is C20H21F2NO3S2. The summed E-state index contributed by atoms with van der Waals surface area (Å²) in [5.41, 5.74) is 2.24. The molecule has 8 heteroatoms. The standard InChI is InChI=1S/C20H21F2NO3S2/c1-3-8-23-17-7-5-14(9-16(17)10-27-20(23)24)11-28(25,26)12-15-6-4-13(2)18(21)19(15)22/h4-7,9H,3,8,10-12H2,1-2H3. The Kier molecular flexibility index (Phi) is 6.09. The molecule has 0 atom stereocenters. The lowest BCUT2D eigenvalue weighted by Crippen LogP contribution is -2.31. The number of nitrogens with zero attached hydrogens (tertiary/aromatic N) is 1. The highest BCUT2D eigenvalue weighted by atomic mass is 32.2. The highest BCUT2D eigenvalue weighted by Gasteiger charge is 2.25. The van der Waals surface area contributed by atoms with E-state index in [1.807, 2.05) is 6.92 Å². The van der Waals surface area contributed by atoms with E-state index in [2.05, 4.69) is 0 Å². The van der Waals surface area contributed by atoms with Crippen LogP contribution >= 0.6 is 11.8 Å². The van der Waals surface area contributed by atoms with Crippen LogP contribution in [0.2, 0.25) is 0 Å². The molecule has 0 saturated carbocycles. The summed E-state index contributed by atoms with van der Waals surface area (Å²) in [4.78, 5) is 13.8. The van der Waals surface area contributed by atoms with Crippen LogP contribution in [-0.2, 0) is 27.1 Å². The van der Waals surface area contributed by atoms with Crippen LogP contribution in [0.4, 0.5) is 19.3 Å². The van der Waals surface area contributed by atoms with Crippen molar-refractivity contribution in [3.63, 3.8) is 0 Å². The molecule has 0 N–H and O–H groups in total. The highest BCUT2D eigenvalue weighted by molar-refractivity contribution is 8.13. The molecule has 0 saturated heterocycles. The van der Waals surface area contributed by atoms with Crippen molar-refractivity contribution in [1.82, 2.24) is 0 Å². The molecule has 1 heterocycles. The smallest absolute Gasteiger partial charge is 0.286 e. The van der Waals surface area contributed by atoms with Crippen molar-refractivity contribution in [1.29, 1.82) is 0 Å². The second-order valence-electron chi connectivity index (χ2n) is 6.87. The molecule has 0 aliphatic carbocycles. The van der Waals surface area contributed by atoms with Crippen molar-refractivity contribution in [3.05, 3.63) is 64.2 Å². The first-order valence-electron chi connectivity index (χ1n) is 8.92. The van der Waals surface area contributed by atoms with Gasteiger partial charge in [-0.1, -0.05) is 43.0 Å². The summed E-state index contributed by atoms with van der Waals surface area (Å²) in [5.74, 6) is -2.48. The summed E-state index contributed by atoms with van der Waals surface area (Å²) in [6, 6.07) is 7.90. The van der Waals surface area contributed by atoms with Crippen LogP contribution in [0.3, 0.4) is 0 Å². The number of sulfone groups is 1. The lowest BCUT2D eigenvalue weighted by molar-refractivity contribution is 0.264. The average molecular weight is 426 g/mol. The lowest BCUT2D eigenvalue weighted by Gasteiger charge is -2.28. The van der Waals surface area contributed by atoms with Crippen LogP contribution < -0.4 is 4.90 Å². The van der Waals surface area contributed by atoms with E-state index in [0.717, 1.165) is 17.7 Å². The van der Waals surface area contributed by atoms with Crippen molar-refractivity contribution in [2.75, 3.05) is 11.4 Å². The number of aryl methyl sites for hydroxylation is 1. The quantitative estimate of drug-likeness (QED) is 0.656. The molecule has 150 valence electrons. The summed E-state index contributed by atoms with van der Waals surface area (Å²) in [7, 11) is -3.69. The highest BCUT2D eigenvalue weighted by Crippen LogP contribution is 2.34. The largest absolute Gasteiger partial charge is 0.303 e. The van der Waals surface area contributed by atoms with Gasteiger partial charge in [0, 0.05) is 23.5 Å². The van der Waals surface area contributed by atoms with Gasteiger partial charge in [-0.2, -0.15) is 0 Å². The third kappa shape index (κ3) is 4.38. The van der Waals surface area contributed by atoms with E-state index >= 15 is 0 Å². The number of amides is 1. The molecule has 0 spiro atoms. The number of carbonyl (C=O) groups excluding carboxylic acids is 1. The van der Waals surface area contributed by atoms with Crippen LogP contribution in [0, 0.1) is 18.6 Å². The Balaban J connectivity index is 1.82. The van der Waals surface area contributed by atoms with Crippen molar-refractivity contribution in [2.45, 2.75) is 37.5 Å². The topological polar surface area (TPSA) is 54.5 Å². The van der Waals surface area contributed by atoms with Crippen LogP contribution in [0.1, 0.15) is 35.6 Å². The normalized spacial score (nSPS) is 14.3. The number of carbonyl (C=O) groups is 1. The molecule has 0 bridgehead atoms. The number of anilines is 1. The Bertz CT molecular complexity index is 1020. The Morgan fingerprint density at radius 2 is 1.86 bits per heavy atom. The summed E-state index contributed by atoms with van der Waals surface area (Å²) in [5, 5.41) is -0.00778. The predicted molar refractivity (Wildman–Crippen MR) is 108 cm³/mol. The molecule has 0 unspecified atom stereocenters. The maximum absolute atomic E-state index is 14.0. The molecule has 0 aromatic heterocycles. The molecule has 0 radical (unpaired) electrons. The zero-order chi connectivity index (χ0) is 20.5. The van der Waals surface area contributed by atoms with Gasteiger partial charge < -0.3 is 4.90 Å². The van der Waals surface area contributed by atoms with Crippen LogP contribution in [0.25, 0.3) is 0 Å². The van der Waals surface area contributed by atoms with Gasteiger partial charge in [0.2, 0.25) is 0 Å². The Labute approximate surface area is 167 Å². The van der Waals surface area contributed by atoms with Gasteiger partial charge in [-0.05, 0) is 36.1 Å². The molecule has 3 rings (SSSR count). The fraction of sp³-hybridized carbons (Fsp3) is 0.350. The van der Waals surface area contributed by atoms with Crippen molar-refractivity contribution >= 4 is 32.5 Å². The number of thioether (sulfide) groups is 1. The van der Waals surface area contributed by atoms with Gasteiger partial charge >= 0.3 is 0 Å². The number of fused-ring (bicyclic) bond motifs is 1. The van der Waals surface area contributed by atoms with E-state index < -0.39 is 27.2 Å². The number of rotatable bonds is 6. The molecule has 4 nitrogen and oxygen atoms in total. The molecule has 1 aliphatic heterocycles. The van der Waals surface area contributed by atoms with Crippen molar-refractivity contribution < 1.29 is 22.0 Å². The second kappa shape index (κ2) is 8.21. The zero-order valence-electron chi connectivity index (χ0n) is 15.7. The number of hydrogen-bond donors (Lipinski definition) is 0. The molecule has 2 aromatic rings. The van der Waals surface area contributed by atoms with E-state index in [0.29, 0.717) is 17.9 Å². The first-order valence-corrected chi connectivity index (χ1v) is 11.7. The molecule has 28 heavy (non-hydrogen) atoms. The minimum absolute atomic E-state index is 0.00778. The number of hydrogen-bond acceptors (Lipinski definition) is 4. The van der Waals surface area contributed by atoms with Gasteiger partial charge in [0.05, 0.1) is 11.5 Å². The third-order valence-corrected chi connectivity index (χ3v) is 7.02. The monoisotopic (exact) mass is 425 g/mol. The summed E-state index contributed by atoms with van der Waals surface area (Å²) in [6.45, 7) is 4.02. The first kappa shape index (κ1) is 20.8. The van der Waals surface area contributed by atoms with E-state index in [9.17, 15) is 22.0 Å². The van der Waals surface area contributed by atoms with Crippen molar-refractivity contribution in [3.8, 4) is 0 Å². The number of benzene rings is 2. The summed E-state index contributed by atoms with van der Waals surface area (Å²) >= 11 is 1.19. The van der Waals surface area contributed by atoms with Gasteiger partial charge in [-0.25, -0.2) is 17.2 Å². The van der Waals surface area contributed by atoms with Gasteiger partial charge in [-0.15, -0.1) is 0 Å². The Morgan fingerprint density at radius 1 is 1.11 bits per heavy atom. The van der Waals surface area contributed by atoms with E-state index in [4.69, 9.17) is 0 Å². The fourth-order valence-electron chi connectivity index (χ4n) is 3.20.